The Kier molecular flexibility index (Phi) is 8.20. The SMILES string of the molecule is O=C(/N=C(/NCc1ccccc1Cl)N[C@H]1CC[C@H](Nc2ncccn2)CC1)c1ccc(F)c(F)c1. The molecule has 0 spiro atoms. The van der Waals surface area contributed by atoms with E-state index in [1.54, 1.807) is 24.5 Å². The Morgan fingerprint density at radius 2 is 1.69 bits per heavy atom. The Bertz CT molecular complexity index is 1190. The summed E-state index contributed by atoms with van der Waals surface area (Å²) in [5, 5.41) is 10.4. The molecule has 1 aromatic heterocycles. The molecule has 4 rings (SSSR count). The van der Waals surface area contributed by atoms with Gasteiger partial charge in [0.2, 0.25) is 5.95 Å². The summed E-state index contributed by atoms with van der Waals surface area (Å²) in [4.78, 5) is 25.2. The number of nitrogens with one attached hydrogen (secondary N) is 3. The number of hydrogen-bond donors (Lipinski definition) is 3. The number of hydrogen-bond acceptors (Lipinski definition) is 4. The van der Waals surface area contributed by atoms with Crippen LogP contribution in [0.5, 0.6) is 0 Å². The van der Waals surface area contributed by atoms with Crippen LogP contribution in [0.25, 0.3) is 0 Å². The van der Waals surface area contributed by atoms with Gasteiger partial charge in [-0.2, -0.15) is 4.99 Å². The minimum absolute atomic E-state index is 0.0430. The van der Waals surface area contributed by atoms with Gasteiger partial charge >= 0.3 is 0 Å². The van der Waals surface area contributed by atoms with E-state index in [1.807, 2.05) is 18.2 Å². The summed E-state index contributed by atoms with van der Waals surface area (Å²) in [6.07, 6.45) is 6.81. The van der Waals surface area contributed by atoms with E-state index in [2.05, 4.69) is 30.9 Å². The maximum absolute atomic E-state index is 13.6. The first-order chi connectivity index (χ1) is 17.0. The summed E-state index contributed by atoms with van der Waals surface area (Å²) >= 11 is 6.25. The van der Waals surface area contributed by atoms with E-state index in [1.165, 1.54) is 6.07 Å². The van der Waals surface area contributed by atoms with Crippen LogP contribution in [-0.4, -0.2) is 33.9 Å². The molecule has 1 aliphatic carbocycles. The standard InChI is InChI=1S/C25H25ClF2N6O/c26-20-5-2-1-4-17(20)15-31-25(34-23(35)16-6-11-21(27)22(28)14-16)33-19-9-7-18(8-10-19)32-24-29-12-3-13-30-24/h1-6,11-14,18-19H,7-10,15H2,(H,29,30,32)(H2,31,33,34,35)/t18-,19-. The van der Waals surface area contributed by atoms with E-state index < -0.39 is 17.5 Å². The maximum Gasteiger partial charge on any atom is 0.280 e. The van der Waals surface area contributed by atoms with Crippen LogP contribution in [-0.2, 0) is 6.54 Å². The molecule has 1 fully saturated rings. The summed E-state index contributed by atoms with van der Waals surface area (Å²) in [7, 11) is 0. The highest BCUT2D eigenvalue weighted by Crippen LogP contribution is 2.21. The quantitative estimate of drug-likeness (QED) is 0.337. The fourth-order valence-electron chi connectivity index (χ4n) is 3.87. The second-order valence-corrected chi connectivity index (χ2v) is 8.66. The van der Waals surface area contributed by atoms with Gasteiger partial charge in [0.15, 0.2) is 17.6 Å². The number of amides is 1. The van der Waals surface area contributed by atoms with E-state index in [-0.39, 0.29) is 23.6 Å². The highest BCUT2D eigenvalue weighted by molar-refractivity contribution is 6.31. The largest absolute Gasteiger partial charge is 0.353 e. The van der Waals surface area contributed by atoms with Crippen molar-refractivity contribution in [3.63, 3.8) is 0 Å². The monoisotopic (exact) mass is 498 g/mol. The van der Waals surface area contributed by atoms with Crippen LogP contribution < -0.4 is 16.0 Å². The van der Waals surface area contributed by atoms with Crippen molar-refractivity contribution in [2.45, 2.75) is 44.3 Å². The van der Waals surface area contributed by atoms with Crippen molar-refractivity contribution in [2.75, 3.05) is 5.32 Å². The van der Waals surface area contributed by atoms with Gasteiger partial charge in [-0.25, -0.2) is 18.7 Å². The molecule has 0 saturated heterocycles. The molecule has 10 heteroatoms. The molecule has 2 aromatic carbocycles. The molecule has 0 atom stereocenters. The topological polar surface area (TPSA) is 91.3 Å². The smallest absolute Gasteiger partial charge is 0.280 e. The molecule has 1 aliphatic rings. The van der Waals surface area contributed by atoms with Crippen molar-refractivity contribution in [1.29, 1.82) is 0 Å². The Balaban J connectivity index is 1.43. The van der Waals surface area contributed by atoms with Crippen LogP contribution in [0.1, 0.15) is 41.6 Å². The third-order valence-electron chi connectivity index (χ3n) is 5.75. The van der Waals surface area contributed by atoms with Crippen LogP contribution in [0.4, 0.5) is 14.7 Å². The van der Waals surface area contributed by atoms with Crippen molar-refractivity contribution >= 4 is 29.4 Å². The van der Waals surface area contributed by atoms with Crippen molar-refractivity contribution in [3.8, 4) is 0 Å². The average molecular weight is 499 g/mol. The number of anilines is 1. The molecular formula is C25H25ClF2N6O. The van der Waals surface area contributed by atoms with Crippen molar-refractivity contribution < 1.29 is 13.6 Å². The fourth-order valence-corrected chi connectivity index (χ4v) is 4.07. The number of benzene rings is 2. The van der Waals surface area contributed by atoms with Gasteiger partial charge in [-0.15, -0.1) is 0 Å². The number of aromatic nitrogens is 2. The fraction of sp³-hybridized carbons (Fsp3) is 0.280. The first-order valence-corrected chi connectivity index (χ1v) is 11.7. The predicted molar refractivity (Wildman–Crippen MR) is 131 cm³/mol. The molecule has 182 valence electrons. The first-order valence-electron chi connectivity index (χ1n) is 11.3. The zero-order valence-electron chi connectivity index (χ0n) is 18.8. The Morgan fingerprint density at radius 3 is 2.40 bits per heavy atom. The number of carbonyl (C=O) groups is 1. The normalized spacial score (nSPS) is 18.1. The molecule has 0 bridgehead atoms. The van der Waals surface area contributed by atoms with E-state index in [4.69, 9.17) is 11.6 Å². The minimum atomic E-state index is -1.10. The lowest BCUT2D eigenvalue weighted by Crippen LogP contribution is -2.46. The summed E-state index contributed by atoms with van der Waals surface area (Å²) in [6, 6.07) is 12.4. The lowest BCUT2D eigenvalue weighted by atomic mass is 9.91. The second-order valence-electron chi connectivity index (χ2n) is 8.25. The maximum atomic E-state index is 13.6. The first kappa shape index (κ1) is 24.5. The highest BCUT2D eigenvalue weighted by Gasteiger charge is 2.23. The molecule has 1 heterocycles. The van der Waals surface area contributed by atoms with Gasteiger partial charge in [-0.05, 0) is 61.6 Å². The van der Waals surface area contributed by atoms with Crippen LogP contribution in [0.3, 0.4) is 0 Å². The molecule has 7 nitrogen and oxygen atoms in total. The molecule has 0 aliphatic heterocycles. The summed E-state index contributed by atoms with van der Waals surface area (Å²) in [5.74, 6) is -1.95. The van der Waals surface area contributed by atoms with Gasteiger partial charge in [0.25, 0.3) is 5.91 Å². The molecule has 1 amide bonds. The number of nitrogens with zero attached hydrogens (tertiary/aromatic N) is 3. The van der Waals surface area contributed by atoms with Gasteiger partial charge in [0, 0.05) is 41.6 Å². The lowest BCUT2D eigenvalue weighted by Gasteiger charge is -2.30. The lowest BCUT2D eigenvalue weighted by molar-refractivity contribution is 0.100. The van der Waals surface area contributed by atoms with E-state index in [0.717, 1.165) is 43.4 Å². The van der Waals surface area contributed by atoms with Gasteiger partial charge < -0.3 is 16.0 Å². The molecule has 35 heavy (non-hydrogen) atoms. The molecule has 3 aromatic rings. The number of rotatable bonds is 6. The van der Waals surface area contributed by atoms with E-state index >= 15 is 0 Å². The number of aliphatic imine (C=N–C) groups is 1. The summed E-state index contributed by atoms with van der Waals surface area (Å²) < 4.78 is 26.9. The van der Waals surface area contributed by atoms with Gasteiger partial charge in [0.1, 0.15) is 0 Å². The second kappa shape index (κ2) is 11.7. The van der Waals surface area contributed by atoms with Crippen molar-refractivity contribution in [1.82, 2.24) is 20.6 Å². The summed E-state index contributed by atoms with van der Waals surface area (Å²) in [6.45, 7) is 0.332. The van der Waals surface area contributed by atoms with Crippen LogP contribution in [0.15, 0.2) is 65.9 Å². The van der Waals surface area contributed by atoms with Gasteiger partial charge in [-0.1, -0.05) is 29.8 Å². The van der Waals surface area contributed by atoms with Crippen molar-refractivity contribution in [3.05, 3.63) is 88.7 Å². The zero-order valence-corrected chi connectivity index (χ0v) is 19.6. The Hall–Kier alpha value is -3.59. The Labute approximate surface area is 207 Å². The van der Waals surface area contributed by atoms with Crippen molar-refractivity contribution in [2.24, 2.45) is 4.99 Å². The molecule has 1 saturated carbocycles. The molecular weight excluding hydrogens is 474 g/mol. The van der Waals surface area contributed by atoms with Crippen LogP contribution in [0, 0.1) is 11.6 Å². The molecule has 0 unspecified atom stereocenters. The molecule has 0 radical (unpaired) electrons. The Morgan fingerprint density at radius 1 is 0.971 bits per heavy atom. The highest BCUT2D eigenvalue weighted by atomic mass is 35.5. The van der Waals surface area contributed by atoms with E-state index in [0.29, 0.717) is 17.5 Å². The summed E-state index contributed by atoms with van der Waals surface area (Å²) in [5.41, 5.74) is 0.790. The molecule has 3 N–H and O–H groups in total. The third kappa shape index (κ3) is 6.95. The van der Waals surface area contributed by atoms with Crippen LogP contribution in [0.2, 0.25) is 5.02 Å². The van der Waals surface area contributed by atoms with Gasteiger partial charge in [0.05, 0.1) is 0 Å². The van der Waals surface area contributed by atoms with E-state index in [9.17, 15) is 13.6 Å². The van der Waals surface area contributed by atoms with Gasteiger partial charge in [-0.3, -0.25) is 4.79 Å². The number of guanidine groups is 1. The average Bonchev–Trinajstić information content (AvgIpc) is 2.87. The number of carbonyl (C=O) groups excluding carboxylic acids is 1. The minimum Gasteiger partial charge on any atom is -0.353 e. The number of halogens is 3. The zero-order chi connectivity index (χ0) is 24.6. The third-order valence-corrected chi connectivity index (χ3v) is 6.12. The van der Waals surface area contributed by atoms with Crippen LogP contribution >= 0.6 is 11.6 Å². The predicted octanol–water partition coefficient (Wildman–Crippen LogP) is 4.71.